The van der Waals surface area contributed by atoms with Crippen LogP contribution in [-0.2, 0) is 16.0 Å². The topological polar surface area (TPSA) is 89.5 Å². The quantitative estimate of drug-likeness (QED) is 0.560. The summed E-state index contributed by atoms with van der Waals surface area (Å²) in [4.78, 5) is 22.5. The minimum Gasteiger partial charge on any atom is -0.439 e. The van der Waals surface area contributed by atoms with Crippen molar-refractivity contribution in [1.82, 2.24) is 14.9 Å². The number of ether oxygens (including phenoxy) is 1. The number of likely N-dealkylation sites (tertiary alicyclic amines) is 1. The molecule has 4 rings (SSSR count). The Bertz CT molecular complexity index is 1290. The van der Waals surface area contributed by atoms with Gasteiger partial charge in [-0.1, -0.05) is 6.07 Å². The van der Waals surface area contributed by atoms with E-state index in [1.165, 1.54) is 6.26 Å². The molecule has 0 radical (unpaired) electrons. The van der Waals surface area contributed by atoms with Crippen molar-refractivity contribution >= 4 is 26.6 Å². The molecule has 1 aromatic carbocycles. The molecule has 3 heterocycles. The van der Waals surface area contributed by atoms with Gasteiger partial charge in [-0.05, 0) is 43.2 Å². The Hall–Kier alpha value is -3.21. The molecule has 174 valence electrons. The Labute approximate surface area is 188 Å². The van der Waals surface area contributed by atoms with Crippen LogP contribution in [0.1, 0.15) is 28.9 Å². The zero-order valence-corrected chi connectivity index (χ0v) is 18.4. The normalized spacial score (nSPS) is 15.6. The average molecular weight is 479 g/mol. The highest BCUT2D eigenvalue weighted by Crippen LogP contribution is 2.30. The van der Waals surface area contributed by atoms with Crippen LogP contribution in [0.15, 0.2) is 48.7 Å². The highest BCUT2D eigenvalue weighted by atomic mass is 32.2. The predicted octanol–water partition coefficient (Wildman–Crippen LogP) is 4.09. The molecule has 1 aliphatic rings. The first-order chi connectivity index (χ1) is 15.5. The molecule has 2 aromatic heterocycles. The largest absolute Gasteiger partial charge is 0.439 e. The number of hydrogen-bond acceptors (Lipinski definition) is 6. The van der Waals surface area contributed by atoms with Crippen molar-refractivity contribution < 1.29 is 31.1 Å². The third-order valence-corrected chi connectivity index (χ3v) is 7.18. The maximum atomic E-state index is 12.8. The summed E-state index contributed by atoms with van der Waals surface area (Å²) in [5.74, 6) is 0.108. The number of piperidine rings is 1. The highest BCUT2D eigenvalue weighted by molar-refractivity contribution is 7.91. The number of hydrogen-bond donors (Lipinski definition) is 0. The molecule has 0 unspecified atom stereocenters. The lowest BCUT2D eigenvalue weighted by atomic mass is 10.1. The summed E-state index contributed by atoms with van der Waals surface area (Å²) in [6, 6.07) is 10.2. The number of carbonyl (C=O) groups excluding carboxylic acids is 1. The molecule has 33 heavy (non-hydrogen) atoms. The smallest absolute Gasteiger partial charge is 0.417 e. The van der Waals surface area contributed by atoms with E-state index in [-0.39, 0.29) is 17.5 Å². The second-order valence-electron chi connectivity index (χ2n) is 7.86. The Morgan fingerprint density at radius 2 is 1.82 bits per heavy atom. The van der Waals surface area contributed by atoms with Gasteiger partial charge in [0.25, 0.3) is 5.91 Å². The summed E-state index contributed by atoms with van der Waals surface area (Å²) < 4.78 is 66.9. The molecular formula is C22H20F3N3O4S. The fraction of sp³-hybridized carbons (Fsp3) is 0.318. The zero-order valence-electron chi connectivity index (χ0n) is 17.5. The lowest BCUT2D eigenvalue weighted by molar-refractivity contribution is -0.137. The Morgan fingerprint density at radius 3 is 2.42 bits per heavy atom. The molecule has 3 aromatic rings. The van der Waals surface area contributed by atoms with E-state index >= 15 is 0 Å². The van der Waals surface area contributed by atoms with Gasteiger partial charge in [0, 0.05) is 37.0 Å². The van der Waals surface area contributed by atoms with Crippen LogP contribution in [-0.4, -0.2) is 53.8 Å². The van der Waals surface area contributed by atoms with Gasteiger partial charge in [-0.2, -0.15) is 13.2 Å². The maximum Gasteiger partial charge on any atom is 0.417 e. The van der Waals surface area contributed by atoms with Crippen LogP contribution in [0, 0.1) is 0 Å². The van der Waals surface area contributed by atoms with Gasteiger partial charge >= 0.3 is 6.18 Å². The van der Waals surface area contributed by atoms with Crippen molar-refractivity contribution in [2.24, 2.45) is 0 Å². The van der Waals surface area contributed by atoms with Gasteiger partial charge in [0.1, 0.15) is 21.3 Å². The van der Waals surface area contributed by atoms with Crippen LogP contribution in [0.5, 0.6) is 11.6 Å². The Morgan fingerprint density at radius 1 is 1.09 bits per heavy atom. The molecule has 0 bridgehead atoms. The fourth-order valence-corrected chi connectivity index (χ4v) is 4.73. The van der Waals surface area contributed by atoms with Crippen LogP contribution >= 0.6 is 0 Å². The van der Waals surface area contributed by atoms with Crippen molar-refractivity contribution in [3.8, 4) is 11.6 Å². The van der Waals surface area contributed by atoms with Crippen molar-refractivity contribution in [1.29, 1.82) is 0 Å². The van der Waals surface area contributed by atoms with E-state index in [4.69, 9.17) is 4.74 Å². The molecule has 0 atom stereocenters. The van der Waals surface area contributed by atoms with Crippen molar-refractivity contribution in [2.45, 2.75) is 24.3 Å². The first kappa shape index (κ1) is 23.0. The van der Waals surface area contributed by atoms with E-state index in [1.54, 1.807) is 35.2 Å². The molecule has 1 amide bonds. The van der Waals surface area contributed by atoms with E-state index in [1.807, 2.05) is 0 Å². The molecule has 1 aliphatic heterocycles. The van der Waals surface area contributed by atoms with Gasteiger partial charge in [-0.25, -0.2) is 18.4 Å². The average Bonchev–Trinajstić information content (AvgIpc) is 2.77. The van der Waals surface area contributed by atoms with Crippen LogP contribution in [0.4, 0.5) is 13.2 Å². The van der Waals surface area contributed by atoms with Crippen molar-refractivity contribution in [3.05, 3.63) is 59.9 Å². The number of benzene rings is 1. The van der Waals surface area contributed by atoms with E-state index in [2.05, 4.69) is 9.97 Å². The molecule has 0 aliphatic carbocycles. The highest BCUT2D eigenvalue weighted by Gasteiger charge is 2.31. The minimum absolute atomic E-state index is 0.0135. The number of fused-ring (bicyclic) bond motifs is 1. The van der Waals surface area contributed by atoms with Crippen molar-refractivity contribution in [3.63, 3.8) is 0 Å². The molecule has 0 spiro atoms. The van der Waals surface area contributed by atoms with E-state index < -0.39 is 26.8 Å². The number of carbonyl (C=O) groups is 1. The number of alkyl halides is 3. The van der Waals surface area contributed by atoms with E-state index in [9.17, 15) is 26.4 Å². The Kier molecular flexibility index (Phi) is 6.00. The van der Waals surface area contributed by atoms with Crippen LogP contribution in [0.2, 0.25) is 0 Å². The molecule has 0 saturated carbocycles. The maximum absolute atomic E-state index is 12.8. The second kappa shape index (κ2) is 8.62. The predicted molar refractivity (Wildman–Crippen MR) is 115 cm³/mol. The van der Waals surface area contributed by atoms with Gasteiger partial charge in [0.15, 0.2) is 0 Å². The molecule has 11 heteroatoms. The standard InChI is InChI=1S/C22H20F3N3O4S/c1-33(30,31)17-8-10-28(11-9-17)21(29)19-5-2-14-12-16(4-6-18(14)27-19)32-20-7-3-15(13-26-20)22(23,24)25/h2-7,12-13,17H,8-11H2,1H3. The zero-order chi connectivity index (χ0) is 23.8. The molecule has 0 N–H and O–H groups in total. The van der Waals surface area contributed by atoms with Gasteiger partial charge in [0.2, 0.25) is 5.88 Å². The van der Waals surface area contributed by atoms with Gasteiger partial charge < -0.3 is 9.64 Å². The lowest BCUT2D eigenvalue weighted by Crippen LogP contribution is -2.42. The summed E-state index contributed by atoms with van der Waals surface area (Å²) in [6.45, 7) is 0.701. The van der Waals surface area contributed by atoms with E-state index in [0.29, 0.717) is 48.8 Å². The van der Waals surface area contributed by atoms with Crippen molar-refractivity contribution in [2.75, 3.05) is 19.3 Å². The molecular weight excluding hydrogens is 459 g/mol. The monoisotopic (exact) mass is 479 g/mol. The molecule has 7 nitrogen and oxygen atoms in total. The number of pyridine rings is 2. The van der Waals surface area contributed by atoms with Gasteiger partial charge in [0.05, 0.1) is 16.3 Å². The van der Waals surface area contributed by atoms with Gasteiger partial charge in [-0.3, -0.25) is 4.79 Å². The number of amides is 1. The second-order valence-corrected chi connectivity index (χ2v) is 10.2. The SMILES string of the molecule is CS(=O)(=O)C1CCN(C(=O)c2ccc3cc(Oc4ccc(C(F)(F)F)cn4)ccc3n2)CC1. The number of nitrogens with zero attached hydrogens (tertiary/aromatic N) is 3. The summed E-state index contributed by atoms with van der Waals surface area (Å²) in [5.41, 5.74) is -0.0757. The summed E-state index contributed by atoms with van der Waals surface area (Å²) in [6.07, 6.45) is -1.76. The number of halogens is 3. The third-order valence-electron chi connectivity index (χ3n) is 5.50. The number of sulfone groups is 1. The van der Waals surface area contributed by atoms with Gasteiger partial charge in [-0.15, -0.1) is 0 Å². The first-order valence-corrected chi connectivity index (χ1v) is 12.1. The fourth-order valence-electron chi connectivity index (χ4n) is 3.66. The number of aromatic nitrogens is 2. The Balaban J connectivity index is 1.46. The van der Waals surface area contributed by atoms with Crippen LogP contribution in [0.3, 0.4) is 0 Å². The molecule has 1 fully saturated rings. The minimum atomic E-state index is -4.47. The summed E-state index contributed by atoms with van der Waals surface area (Å²) >= 11 is 0. The summed E-state index contributed by atoms with van der Waals surface area (Å²) in [5, 5.41) is 0.246. The van der Waals surface area contributed by atoms with Crippen LogP contribution in [0.25, 0.3) is 10.9 Å². The lowest BCUT2D eigenvalue weighted by Gasteiger charge is -2.30. The third kappa shape index (κ3) is 5.24. The molecule has 1 saturated heterocycles. The van der Waals surface area contributed by atoms with Crippen LogP contribution < -0.4 is 4.74 Å². The van der Waals surface area contributed by atoms with E-state index in [0.717, 1.165) is 12.1 Å². The first-order valence-electron chi connectivity index (χ1n) is 10.1. The summed E-state index contributed by atoms with van der Waals surface area (Å²) in [7, 11) is -3.12. The number of rotatable bonds is 4.